The lowest BCUT2D eigenvalue weighted by Gasteiger charge is -2.03. The Bertz CT molecular complexity index is 549. The van der Waals surface area contributed by atoms with Crippen LogP contribution in [0.25, 0.3) is 5.52 Å². The van der Waals surface area contributed by atoms with Crippen molar-refractivity contribution in [3.05, 3.63) is 34.3 Å². The van der Waals surface area contributed by atoms with Gasteiger partial charge in [0.1, 0.15) is 11.9 Å². The molecule has 2 aromatic rings. The van der Waals surface area contributed by atoms with Crippen molar-refractivity contribution in [1.82, 2.24) is 9.38 Å². The summed E-state index contributed by atoms with van der Waals surface area (Å²) in [6.07, 6.45) is 1.94. The number of pyridine rings is 1. The van der Waals surface area contributed by atoms with Gasteiger partial charge in [-0.05, 0) is 28.1 Å². The van der Waals surface area contributed by atoms with E-state index in [1.807, 2.05) is 22.7 Å². The summed E-state index contributed by atoms with van der Waals surface area (Å²) in [6.45, 7) is 4.13. The van der Waals surface area contributed by atoms with Crippen LogP contribution in [0.2, 0.25) is 0 Å². The molecule has 0 aliphatic carbocycles. The molecule has 0 N–H and O–H groups in total. The summed E-state index contributed by atoms with van der Waals surface area (Å²) in [4.78, 5) is 4.33. The molecule has 0 unspecified atom stereocenters. The summed E-state index contributed by atoms with van der Waals surface area (Å²) >= 11 is 3.42. The number of imidazole rings is 1. The van der Waals surface area contributed by atoms with Gasteiger partial charge in [0.25, 0.3) is 0 Å². The maximum atomic E-state index is 8.96. The first-order valence-corrected chi connectivity index (χ1v) is 5.50. The van der Waals surface area contributed by atoms with Crippen molar-refractivity contribution in [1.29, 1.82) is 5.26 Å². The van der Waals surface area contributed by atoms with Crippen LogP contribution < -0.4 is 0 Å². The van der Waals surface area contributed by atoms with Crippen LogP contribution in [0.4, 0.5) is 0 Å². The van der Waals surface area contributed by atoms with E-state index >= 15 is 0 Å². The number of hydrogen-bond acceptors (Lipinski definition) is 2. The quantitative estimate of drug-likeness (QED) is 0.794. The minimum absolute atomic E-state index is 0.300. The molecular formula is C11H10BrN3. The standard InChI is InChI=1S/C11H10BrN3/c1-7(2)11-14-9(5-13)10-4-3-8(12)6-15(10)11/h3-4,6-7H,1-2H3. The van der Waals surface area contributed by atoms with Crippen molar-refractivity contribution in [3.63, 3.8) is 0 Å². The Kier molecular flexibility index (Phi) is 2.49. The molecule has 0 aliphatic heterocycles. The SMILES string of the molecule is CC(C)c1nc(C#N)c2ccc(Br)cn12. The minimum atomic E-state index is 0.300. The van der Waals surface area contributed by atoms with Gasteiger partial charge in [-0.15, -0.1) is 0 Å². The van der Waals surface area contributed by atoms with Crippen LogP contribution in [0.5, 0.6) is 0 Å². The van der Waals surface area contributed by atoms with E-state index in [-0.39, 0.29) is 0 Å². The Balaban J connectivity index is 2.83. The monoisotopic (exact) mass is 263 g/mol. The molecule has 3 nitrogen and oxygen atoms in total. The third-order valence-electron chi connectivity index (χ3n) is 2.25. The molecule has 0 aliphatic rings. The number of nitrogens with zero attached hydrogens (tertiary/aromatic N) is 3. The van der Waals surface area contributed by atoms with Gasteiger partial charge in [0.15, 0.2) is 5.69 Å². The highest BCUT2D eigenvalue weighted by atomic mass is 79.9. The maximum absolute atomic E-state index is 8.96. The highest BCUT2D eigenvalue weighted by molar-refractivity contribution is 9.10. The number of aromatic nitrogens is 2. The van der Waals surface area contributed by atoms with Crippen molar-refractivity contribution < 1.29 is 0 Å². The van der Waals surface area contributed by atoms with Crippen LogP contribution in [0, 0.1) is 11.3 Å². The summed E-state index contributed by atoms with van der Waals surface area (Å²) in [5.74, 6) is 1.22. The van der Waals surface area contributed by atoms with Gasteiger partial charge in [0.2, 0.25) is 0 Å². The molecule has 0 fully saturated rings. The molecule has 2 aromatic heterocycles. The molecule has 2 rings (SSSR count). The van der Waals surface area contributed by atoms with E-state index in [0.29, 0.717) is 11.6 Å². The second-order valence-electron chi connectivity index (χ2n) is 3.69. The highest BCUT2D eigenvalue weighted by Gasteiger charge is 2.12. The van der Waals surface area contributed by atoms with E-state index in [0.717, 1.165) is 15.8 Å². The van der Waals surface area contributed by atoms with Gasteiger partial charge in [0.05, 0.1) is 5.52 Å². The van der Waals surface area contributed by atoms with Crippen LogP contribution in [-0.2, 0) is 0 Å². The van der Waals surface area contributed by atoms with E-state index in [1.54, 1.807) is 0 Å². The zero-order valence-electron chi connectivity index (χ0n) is 8.53. The second-order valence-corrected chi connectivity index (χ2v) is 4.60. The van der Waals surface area contributed by atoms with Crippen LogP contribution in [0.15, 0.2) is 22.8 Å². The van der Waals surface area contributed by atoms with Gasteiger partial charge < -0.3 is 4.40 Å². The molecule has 0 amide bonds. The molecule has 0 spiro atoms. The van der Waals surface area contributed by atoms with E-state index in [1.165, 1.54) is 0 Å². The van der Waals surface area contributed by atoms with Crippen LogP contribution >= 0.6 is 15.9 Å². The molecule has 15 heavy (non-hydrogen) atoms. The Hall–Kier alpha value is -1.34. The number of hydrogen-bond donors (Lipinski definition) is 0. The Morgan fingerprint density at radius 3 is 2.80 bits per heavy atom. The predicted molar refractivity (Wildman–Crippen MR) is 61.7 cm³/mol. The molecule has 0 aromatic carbocycles. The number of rotatable bonds is 1. The largest absolute Gasteiger partial charge is 0.301 e. The van der Waals surface area contributed by atoms with E-state index < -0.39 is 0 Å². The van der Waals surface area contributed by atoms with Crippen LogP contribution in [0.3, 0.4) is 0 Å². The first-order valence-electron chi connectivity index (χ1n) is 4.71. The normalized spacial score (nSPS) is 10.9. The topological polar surface area (TPSA) is 41.1 Å². The van der Waals surface area contributed by atoms with Crippen LogP contribution in [-0.4, -0.2) is 9.38 Å². The van der Waals surface area contributed by atoms with Crippen LogP contribution in [0.1, 0.15) is 31.3 Å². The summed E-state index contributed by atoms with van der Waals surface area (Å²) in [5, 5.41) is 8.96. The smallest absolute Gasteiger partial charge is 0.166 e. The average Bonchev–Trinajstić information content (AvgIpc) is 2.55. The maximum Gasteiger partial charge on any atom is 0.166 e. The van der Waals surface area contributed by atoms with Gasteiger partial charge in [0, 0.05) is 16.6 Å². The number of nitriles is 1. The molecule has 2 heterocycles. The van der Waals surface area contributed by atoms with E-state index in [2.05, 4.69) is 40.8 Å². The van der Waals surface area contributed by atoms with Crippen molar-refractivity contribution in [3.8, 4) is 6.07 Å². The van der Waals surface area contributed by atoms with E-state index in [9.17, 15) is 0 Å². The fraction of sp³-hybridized carbons (Fsp3) is 0.273. The molecule has 4 heteroatoms. The molecule has 0 radical (unpaired) electrons. The van der Waals surface area contributed by atoms with Crippen molar-refractivity contribution >= 4 is 21.4 Å². The van der Waals surface area contributed by atoms with Gasteiger partial charge in [-0.3, -0.25) is 0 Å². The summed E-state index contributed by atoms with van der Waals surface area (Å²) in [6, 6.07) is 5.94. The molecule has 0 bridgehead atoms. The Labute approximate surface area is 96.5 Å². The first kappa shape index (κ1) is 10.2. The molecular weight excluding hydrogens is 254 g/mol. The third-order valence-corrected chi connectivity index (χ3v) is 2.72. The lowest BCUT2D eigenvalue weighted by Crippen LogP contribution is -1.96. The lowest BCUT2D eigenvalue weighted by atomic mass is 10.2. The van der Waals surface area contributed by atoms with Gasteiger partial charge in [-0.1, -0.05) is 13.8 Å². The van der Waals surface area contributed by atoms with Crippen molar-refractivity contribution in [2.24, 2.45) is 0 Å². The first-order chi connectivity index (χ1) is 7.13. The number of fused-ring (bicyclic) bond motifs is 1. The van der Waals surface area contributed by atoms with Gasteiger partial charge >= 0.3 is 0 Å². The molecule has 0 saturated heterocycles. The third kappa shape index (κ3) is 1.64. The fourth-order valence-electron chi connectivity index (χ4n) is 1.57. The van der Waals surface area contributed by atoms with Crippen molar-refractivity contribution in [2.45, 2.75) is 19.8 Å². The average molecular weight is 264 g/mol. The molecule has 0 saturated carbocycles. The van der Waals surface area contributed by atoms with Gasteiger partial charge in [-0.2, -0.15) is 5.26 Å². The zero-order valence-corrected chi connectivity index (χ0v) is 10.1. The zero-order chi connectivity index (χ0) is 11.0. The summed E-state index contributed by atoms with van der Waals surface area (Å²) in [5.41, 5.74) is 1.36. The summed E-state index contributed by atoms with van der Waals surface area (Å²) in [7, 11) is 0. The Morgan fingerprint density at radius 2 is 2.20 bits per heavy atom. The Morgan fingerprint density at radius 1 is 1.47 bits per heavy atom. The van der Waals surface area contributed by atoms with Crippen molar-refractivity contribution in [2.75, 3.05) is 0 Å². The number of halogens is 1. The minimum Gasteiger partial charge on any atom is -0.301 e. The van der Waals surface area contributed by atoms with E-state index in [4.69, 9.17) is 5.26 Å². The predicted octanol–water partition coefficient (Wildman–Crippen LogP) is 3.09. The summed E-state index contributed by atoms with van der Waals surface area (Å²) < 4.78 is 2.95. The molecule has 0 atom stereocenters. The van der Waals surface area contributed by atoms with Gasteiger partial charge in [-0.25, -0.2) is 4.98 Å². The lowest BCUT2D eigenvalue weighted by molar-refractivity contribution is 0.769. The molecule has 76 valence electrons. The second kappa shape index (κ2) is 3.67. The highest BCUT2D eigenvalue weighted by Crippen LogP contribution is 2.21. The fourth-order valence-corrected chi connectivity index (χ4v) is 1.91.